The van der Waals surface area contributed by atoms with E-state index in [0.717, 1.165) is 21.9 Å². The molecule has 0 spiro atoms. The smallest absolute Gasteiger partial charge is 0.263 e. The molecule has 3 N–H and O–H groups in total. The maximum absolute atomic E-state index is 12.7. The van der Waals surface area contributed by atoms with Gasteiger partial charge in [0.15, 0.2) is 11.5 Å². The third-order valence-corrected chi connectivity index (χ3v) is 5.63. The Labute approximate surface area is 165 Å². The van der Waals surface area contributed by atoms with Crippen LogP contribution in [0.4, 0.5) is 5.69 Å². The lowest BCUT2D eigenvalue weighted by atomic mass is 10.1. The number of nitrogens with two attached hydrogens (primary N) is 1. The fraction of sp³-hybridized carbons (Fsp3) is 0.143. The Hall–Kier alpha value is -3.32. The molecule has 4 aromatic rings. The van der Waals surface area contributed by atoms with Gasteiger partial charge in [-0.25, -0.2) is 4.98 Å². The molecular formula is C21H19N3O3S. The number of hydrogen-bond donors (Lipinski definition) is 2. The first-order valence-electron chi connectivity index (χ1n) is 8.67. The van der Waals surface area contributed by atoms with Gasteiger partial charge in [0.1, 0.15) is 9.71 Å². The summed E-state index contributed by atoms with van der Waals surface area (Å²) in [6.45, 7) is 0.442. The molecule has 0 aliphatic rings. The van der Waals surface area contributed by atoms with Crippen LogP contribution in [0.2, 0.25) is 0 Å². The number of thiophene rings is 1. The monoisotopic (exact) mass is 393 g/mol. The predicted molar refractivity (Wildman–Crippen MR) is 112 cm³/mol. The molecule has 6 nitrogen and oxygen atoms in total. The highest BCUT2D eigenvalue weighted by Crippen LogP contribution is 2.37. The Morgan fingerprint density at radius 2 is 1.82 bits per heavy atom. The molecule has 0 aliphatic carbocycles. The first-order valence-corrected chi connectivity index (χ1v) is 9.49. The number of rotatable bonds is 5. The summed E-state index contributed by atoms with van der Waals surface area (Å²) in [7, 11) is 3.17. The van der Waals surface area contributed by atoms with Crippen molar-refractivity contribution in [2.75, 3.05) is 20.0 Å². The van der Waals surface area contributed by atoms with Crippen molar-refractivity contribution >= 4 is 44.1 Å². The highest BCUT2D eigenvalue weighted by Gasteiger charge is 2.18. The summed E-state index contributed by atoms with van der Waals surface area (Å²) in [5, 5.41) is 4.54. The van der Waals surface area contributed by atoms with Crippen molar-refractivity contribution in [3.05, 3.63) is 59.0 Å². The van der Waals surface area contributed by atoms with E-state index >= 15 is 0 Å². The number of nitrogens with zero attached hydrogens (tertiary/aromatic N) is 1. The number of fused-ring (bicyclic) bond motifs is 2. The molecule has 0 aliphatic heterocycles. The van der Waals surface area contributed by atoms with E-state index in [4.69, 9.17) is 15.2 Å². The van der Waals surface area contributed by atoms with Crippen LogP contribution in [0.25, 0.3) is 21.1 Å². The molecule has 0 atom stereocenters. The standard InChI is InChI=1S/C21H19N3O3S/c1-26-16-9-13-8-14-18(22)19(20(25)23-11-12-6-4-3-5-7-12)28-21(14)24-15(13)10-17(16)27-2/h3-10H,11,22H2,1-2H3,(H,23,25). The summed E-state index contributed by atoms with van der Waals surface area (Å²) < 4.78 is 10.7. The number of hydrogen-bond acceptors (Lipinski definition) is 6. The van der Waals surface area contributed by atoms with Crippen LogP contribution in [0.5, 0.6) is 11.5 Å². The number of amides is 1. The Morgan fingerprint density at radius 1 is 1.11 bits per heavy atom. The van der Waals surface area contributed by atoms with Crippen molar-refractivity contribution in [2.24, 2.45) is 0 Å². The second kappa shape index (κ2) is 7.36. The van der Waals surface area contributed by atoms with E-state index in [1.54, 1.807) is 14.2 Å². The van der Waals surface area contributed by atoms with E-state index in [1.807, 2.05) is 48.5 Å². The fourth-order valence-electron chi connectivity index (χ4n) is 3.06. The Balaban J connectivity index is 1.70. The summed E-state index contributed by atoms with van der Waals surface area (Å²) in [5.74, 6) is 1.02. The number of ether oxygens (including phenoxy) is 2. The number of methoxy groups -OCH3 is 2. The SMILES string of the molecule is COc1cc2cc3c(N)c(C(=O)NCc4ccccc4)sc3nc2cc1OC. The zero-order chi connectivity index (χ0) is 19.7. The highest BCUT2D eigenvalue weighted by atomic mass is 32.1. The van der Waals surface area contributed by atoms with Gasteiger partial charge < -0.3 is 20.5 Å². The second-order valence-electron chi connectivity index (χ2n) is 6.25. The molecule has 0 fully saturated rings. The van der Waals surface area contributed by atoms with Crippen LogP contribution in [0.3, 0.4) is 0 Å². The molecule has 0 saturated heterocycles. The zero-order valence-corrected chi connectivity index (χ0v) is 16.3. The molecule has 2 heterocycles. The fourth-order valence-corrected chi connectivity index (χ4v) is 4.06. The van der Waals surface area contributed by atoms with Crippen LogP contribution in [0.15, 0.2) is 48.5 Å². The number of carbonyl (C=O) groups is 1. The molecule has 7 heteroatoms. The van der Waals surface area contributed by atoms with Gasteiger partial charge in [-0.1, -0.05) is 30.3 Å². The van der Waals surface area contributed by atoms with Crippen molar-refractivity contribution in [1.29, 1.82) is 0 Å². The summed E-state index contributed by atoms with van der Waals surface area (Å²) in [6.07, 6.45) is 0. The normalized spacial score (nSPS) is 10.9. The van der Waals surface area contributed by atoms with Crippen LogP contribution in [0.1, 0.15) is 15.2 Å². The van der Waals surface area contributed by atoms with E-state index in [1.165, 1.54) is 11.3 Å². The lowest BCUT2D eigenvalue weighted by molar-refractivity contribution is 0.0956. The van der Waals surface area contributed by atoms with Crippen molar-refractivity contribution in [1.82, 2.24) is 10.3 Å². The zero-order valence-electron chi connectivity index (χ0n) is 15.5. The number of pyridine rings is 1. The first kappa shape index (κ1) is 18.1. The van der Waals surface area contributed by atoms with Gasteiger partial charge in [0.2, 0.25) is 0 Å². The van der Waals surface area contributed by atoms with Crippen molar-refractivity contribution < 1.29 is 14.3 Å². The molecule has 4 rings (SSSR count). The van der Waals surface area contributed by atoms with Gasteiger partial charge >= 0.3 is 0 Å². The Kier molecular flexibility index (Phi) is 4.75. The number of nitrogen functional groups attached to an aromatic ring is 1. The van der Waals surface area contributed by atoms with Crippen LogP contribution in [0, 0.1) is 0 Å². The second-order valence-corrected chi connectivity index (χ2v) is 7.25. The van der Waals surface area contributed by atoms with E-state index < -0.39 is 0 Å². The van der Waals surface area contributed by atoms with Crippen LogP contribution in [-0.2, 0) is 6.54 Å². The van der Waals surface area contributed by atoms with Gasteiger partial charge in [-0.05, 0) is 17.7 Å². The van der Waals surface area contributed by atoms with Gasteiger partial charge in [-0.2, -0.15) is 0 Å². The summed E-state index contributed by atoms with van der Waals surface area (Å²) in [4.78, 5) is 18.5. The largest absolute Gasteiger partial charge is 0.493 e. The number of carbonyl (C=O) groups excluding carboxylic acids is 1. The topological polar surface area (TPSA) is 86.5 Å². The molecule has 28 heavy (non-hydrogen) atoms. The molecule has 2 aromatic carbocycles. The highest BCUT2D eigenvalue weighted by molar-refractivity contribution is 7.21. The molecule has 2 aromatic heterocycles. The van der Waals surface area contributed by atoms with Gasteiger partial charge in [0.25, 0.3) is 5.91 Å². The lowest BCUT2D eigenvalue weighted by Gasteiger charge is -2.08. The number of anilines is 1. The van der Waals surface area contributed by atoms with Gasteiger partial charge in [0, 0.05) is 23.4 Å². The molecule has 0 bridgehead atoms. The average molecular weight is 393 g/mol. The molecule has 0 saturated carbocycles. The third-order valence-electron chi connectivity index (χ3n) is 4.52. The van der Waals surface area contributed by atoms with E-state index in [0.29, 0.717) is 33.4 Å². The van der Waals surface area contributed by atoms with E-state index in [9.17, 15) is 4.79 Å². The molecule has 1 amide bonds. The van der Waals surface area contributed by atoms with Gasteiger partial charge in [-0.15, -0.1) is 11.3 Å². The van der Waals surface area contributed by atoms with E-state index in [2.05, 4.69) is 10.3 Å². The average Bonchev–Trinajstić information content (AvgIpc) is 3.05. The van der Waals surface area contributed by atoms with Crippen LogP contribution < -0.4 is 20.5 Å². The number of aromatic nitrogens is 1. The minimum atomic E-state index is -0.205. The molecule has 0 radical (unpaired) electrons. The summed E-state index contributed by atoms with van der Waals surface area (Å²) >= 11 is 1.29. The van der Waals surface area contributed by atoms with Crippen molar-refractivity contribution in [3.8, 4) is 11.5 Å². The quantitative estimate of drug-likeness (QED) is 0.536. The van der Waals surface area contributed by atoms with Gasteiger partial charge in [0.05, 0.1) is 25.4 Å². The minimum absolute atomic E-state index is 0.205. The Morgan fingerprint density at radius 3 is 2.54 bits per heavy atom. The van der Waals surface area contributed by atoms with Crippen molar-refractivity contribution in [2.45, 2.75) is 6.54 Å². The molecule has 142 valence electrons. The molecule has 0 unspecified atom stereocenters. The predicted octanol–water partition coefficient (Wildman–Crippen LogP) is 3.98. The maximum atomic E-state index is 12.7. The van der Waals surface area contributed by atoms with Crippen molar-refractivity contribution in [3.63, 3.8) is 0 Å². The minimum Gasteiger partial charge on any atom is -0.493 e. The number of benzene rings is 2. The summed E-state index contributed by atoms with van der Waals surface area (Å²) in [6, 6.07) is 15.3. The first-order chi connectivity index (χ1) is 13.6. The van der Waals surface area contributed by atoms with Crippen LogP contribution >= 0.6 is 11.3 Å². The van der Waals surface area contributed by atoms with E-state index in [-0.39, 0.29) is 5.91 Å². The summed E-state index contributed by atoms with van der Waals surface area (Å²) in [5.41, 5.74) is 8.50. The van der Waals surface area contributed by atoms with Crippen LogP contribution in [-0.4, -0.2) is 25.1 Å². The maximum Gasteiger partial charge on any atom is 0.263 e. The number of nitrogens with one attached hydrogen (secondary N) is 1. The van der Waals surface area contributed by atoms with Gasteiger partial charge in [-0.3, -0.25) is 4.79 Å². The third kappa shape index (κ3) is 3.20. The Bertz CT molecular complexity index is 1170. The molecular weight excluding hydrogens is 374 g/mol. The lowest BCUT2D eigenvalue weighted by Crippen LogP contribution is -2.22.